The maximum absolute atomic E-state index is 13.1. The maximum Gasteiger partial charge on any atom is 0.379 e. The molecule has 17 heteroatoms. The largest absolute Gasteiger partial charge is 0.496 e. The summed E-state index contributed by atoms with van der Waals surface area (Å²) in [6.45, 7) is 6.64. The first-order chi connectivity index (χ1) is 31.7. The van der Waals surface area contributed by atoms with Gasteiger partial charge in [-0.25, -0.2) is 18.4 Å². The number of benzene rings is 4. The molecule has 2 saturated heterocycles. The number of Topliss-reactive ketones (excluding diaryl/α,β-unsaturated/α-hetero) is 1. The quantitative estimate of drug-likeness (QED) is 0.0480. The molecule has 2 fully saturated rings. The number of methoxy groups -OCH3 is 4. The van der Waals surface area contributed by atoms with Crippen molar-refractivity contribution in [1.29, 1.82) is 0 Å². The van der Waals surface area contributed by atoms with Crippen LogP contribution < -0.4 is 9.47 Å². The van der Waals surface area contributed by atoms with Gasteiger partial charge in [-0.2, -0.15) is 0 Å². The number of halogens is 4. The fraction of sp³-hybridized carbons (Fsp3) is 0.408. The Balaban J connectivity index is 0.000000313. The molecule has 0 aliphatic carbocycles. The molecule has 1 N–H and O–H groups in total. The fourth-order valence-corrected chi connectivity index (χ4v) is 7.47. The molecule has 2 amide bonds. The number of alkyl halides is 2. The Labute approximate surface area is 397 Å². The highest BCUT2D eigenvalue weighted by Gasteiger charge is 2.29. The second kappa shape index (κ2) is 28.8. The van der Waals surface area contributed by atoms with Gasteiger partial charge in [0.25, 0.3) is 17.6 Å². The van der Waals surface area contributed by atoms with Crippen LogP contribution in [0.15, 0.2) is 84.9 Å². The number of rotatable bonds is 12. The van der Waals surface area contributed by atoms with Crippen LogP contribution in [0, 0.1) is 23.5 Å². The van der Waals surface area contributed by atoms with E-state index in [1.807, 2.05) is 0 Å². The van der Waals surface area contributed by atoms with Crippen LogP contribution in [0.4, 0.5) is 8.78 Å². The molecule has 0 aromatic heterocycles. The molecular weight excluding hydrogens is 916 g/mol. The highest BCUT2D eigenvalue weighted by Crippen LogP contribution is 2.30. The minimum absolute atomic E-state index is 0.0807. The Morgan fingerprint density at radius 3 is 1.42 bits per heavy atom. The van der Waals surface area contributed by atoms with Gasteiger partial charge < -0.3 is 33.9 Å². The van der Waals surface area contributed by atoms with Gasteiger partial charge >= 0.3 is 11.9 Å². The molecule has 4 aromatic rings. The average molecular weight is 976 g/mol. The minimum Gasteiger partial charge on any atom is -0.496 e. The summed E-state index contributed by atoms with van der Waals surface area (Å²) in [5.41, 5.74) is 3.07. The first-order valence-corrected chi connectivity index (χ1v) is 24.3. The first kappa shape index (κ1) is 55.2. The highest BCUT2D eigenvalue weighted by molar-refractivity contribution is 7.35. The third-order valence-electron chi connectivity index (χ3n) is 10.9. The molecule has 358 valence electrons. The molecule has 0 spiro atoms. The standard InChI is InChI=1S/C23H26FNO5.C23H24FNO5.C2H7P.CH2Cl2/c2*1-29-20-8-5-17(21(26)23(28)30-2)14-19(20)22(27)25-11-9-16(10-12-25)13-15-3-6-18(24)7-4-15;1-3-2;2-1-3/h3-8,14,16,21,26H,9-13H2,1-2H3;3-8,14,16H,9-13H2,1-2H3;3H,1-2H3;1H2. The molecule has 66 heavy (non-hydrogen) atoms. The summed E-state index contributed by atoms with van der Waals surface area (Å²) in [6, 6.07) is 21.9. The number of carbonyl (C=O) groups excluding carboxylic acids is 5. The molecule has 0 radical (unpaired) electrons. The zero-order chi connectivity index (χ0) is 48.8. The lowest BCUT2D eigenvalue weighted by atomic mass is 9.90. The zero-order valence-electron chi connectivity index (χ0n) is 38.1. The molecule has 2 aliphatic heterocycles. The number of nitrogens with zero attached hydrogens (tertiary/aromatic N) is 2. The SMILES string of the molecule is COC(=O)C(=O)c1ccc(OC)c(C(=O)N2CCC(Cc3ccc(F)cc3)CC2)c1.COC(=O)C(O)c1ccc(OC)c(C(=O)N2CCC(Cc3ccc(F)cc3)CC2)c1.CPC.ClCCl. The van der Waals surface area contributed by atoms with Gasteiger partial charge in [-0.15, -0.1) is 31.8 Å². The molecule has 2 heterocycles. The van der Waals surface area contributed by atoms with Crippen molar-refractivity contribution in [2.24, 2.45) is 11.8 Å². The number of piperidine rings is 2. The summed E-state index contributed by atoms with van der Waals surface area (Å²) in [6.07, 6.45) is 3.57. The fourth-order valence-electron chi connectivity index (χ4n) is 7.47. The Morgan fingerprint density at radius 1 is 0.652 bits per heavy atom. The lowest BCUT2D eigenvalue weighted by Crippen LogP contribution is -2.39. The van der Waals surface area contributed by atoms with Gasteiger partial charge in [-0.3, -0.25) is 14.4 Å². The predicted molar refractivity (Wildman–Crippen MR) is 254 cm³/mol. The van der Waals surface area contributed by atoms with Crippen LogP contribution in [-0.4, -0.2) is 118 Å². The predicted octanol–water partition coefficient (Wildman–Crippen LogP) is 8.77. The summed E-state index contributed by atoms with van der Waals surface area (Å²) in [7, 11) is 6.32. The third-order valence-corrected chi connectivity index (χ3v) is 10.9. The molecule has 0 saturated carbocycles. The number of hydrogen-bond acceptors (Lipinski definition) is 10. The van der Waals surface area contributed by atoms with Crippen molar-refractivity contribution in [2.75, 3.05) is 73.3 Å². The van der Waals surface area contributed by atoms with Gasteiger partial charge in [0, 0.05) is 31.7 Å². The number of ether oxygens (including phenoxy) is 4. The smallest absolute Gasteiger partial charge is 0.379 e. The average Bonchev–Trinajstić information content (AvgIpc) is 3.34. The minimum atomic E-state index is -1.46. The van der Waals surface area contributed by atoms with Crippen molar-refractivity contribution in [2.45, 2.75) is 44.6 Å². The number of amides is 2. The van der Waals surface area contributed by atoms with Gasteiger partial charge in [0.1, 0.15) is 23.1 Å². The van der Waals surface area contributed by atoms with E-state index in [1.54, 1.807) is 40.1 Å². The summed E-state index contributed by atoms with van der Waals surface area (Å²) < 4.78 is 45.8. The molecule has 2 aliphatic rings. The van der Waals surface area contributed by atoms with Crippen LogP contribution in [0.1, 0.15) is 79.6 Å². The zero-order valence-corrected chi connectivity index (χ0v) is 40.6. The number of esters is 2. The van der Waals surface area contributed by atoms with Crippen LogP contribution in [0.25, 0.3) is 0 Å². The lowest BCUT2D eigenvalue weighted by molar-refractivity contribution is -0.150. The molecule has 4 aromatic carbocycles. The second-order valence-electron chi connectivity index (χ2n) is 15.4. The second-order valence-corrected chi connectivity index (χ2v) is 17.2. The van der Waals surface area contributed by atoms with E-state index < -0.39 is 23.8 Å². The summed E-state index contributed by atoms with van der Waals surface area (Å²) in [4.78, 5) is 64.9. The Kier molecular flexibility index (Phi) is 24.1. The highest BCUT2D eigenvalue weighted by atomic mass is 35.5. The van der Waals surface area contributed by atoms with Crippen molar-refractivity contribution < 1.29 is 56.8 Å². The van der Waals surface area contributed by atoms with Gasteiger partial charge in [0.05, 0.1) is 44.9 Å². The van der Waals surface area contributed by atoms with E-state index >= 15 is 0 Å². The van der Waals surface area contributed by atoms with Crippen LogP contribution in [0.3, 0.4) is 0 Å². The van der Waals surface area contributed by atoms with Gasteiger partial charge in [0.2, 0.25) is 0 Å². The Hall–Kier alpha value is -5.14. The van der Waals surface area contributed by atoms with E-state index in [1.165, 1.54) is 75.9 Å². The van der Waals surface area contributed by atoms with Gasteiger partial charge in [0.15, 0.2) is 6.10 Å². The van der Waals surface area contributed by atoms with E-state index in [2.05, 4.69) is 22.8 Å². The molecule has 6 rings (SSSR count). The molecule has 0 bridgehead atoms. The summed E-state index contributed by atoms with van der Waals surface area (Å²) in [5.74, 6) is -1.97. The van der Waals surface area contributed by atoms with Crippen LogP contribution >= 0.6 is 31.8 Å². The molecule has 1 atom stereocenters. The summed E-state index contributed by atoms with van der Waals surface area (Å²) >= 11 is 9.53. The molecule has 1 unspecified atom stereocenters. The molecular formula is C49H59Cl2F2N2O10P. The number of hydrogen-bond donors (Lipinski definition) is 1. The van der Waals surface area contributed by atoms with E-state index in [4.69, 9.17) is 32.7 Å². The number of likely N-dealkylation sites (tertiary alicyclic amines) is 2. The van der Waals surface area contributed by atoms with Crippen molar-refractivity contribution in [3.05, 3.63) is 130 Å². The number of carbonyl (C=O) groups is 5. The van der Waals surface area contributed by atoms with Crippen molar-refractivity contribution in [1.82, 2.24) is 9.80 Å². The molecule has 12 nitrogen and oxygen atoms in total. The lowest BCUT2D eigenvalue weighted by Gasteiger charge is -2.32. The third kappa shape index (κ3) is 16.6. The Bertz CT molecular complexity index is 2180. The number of aliphatic hydroxyl groups is 1. The van der Waals surface area contributed by atoms with Crippen molar-refractivity contribution in [3.8, 4) is 11.5 Å². The normalized spacial score (nSPS) is 14.1. The van der Waals surface area contributed by atoms with Crippen molar-refractivity contribution >= 4 is 61.3 Å². The number of ketones is 1. The maximum atomic E-state index is 13.1. The van der Waals surface area contributed by atoms with E-state index in [9.17, 15) is 37.9 Å². The van der Waals surface area contributed by atoms with Crippen LogP contribution in [-0.2, 0) is 31.9 Å². The van der Waals surface area contributed by atoms with Gasteiger partial charge in [-0.05, 0) is 135 Å². The first-order valence-electron chi connectivity index (χ1n) is 21.2. The van der Waals surface area contributed by atoms with E-state index in [0.717, 1.165) is 65.3 Å². The monoisotopic (exact) mass is 974 g/mol. The van der Waals surface area contributed by atoms with Gasteiger partial charge in [-0.1, -0.05) is 30.3 Å². The Morgan fingerprint density at radius 2 is 1.05 bits per heavy atom. The van der Waals surface area contributed by atoms with Crippen molar-refractivity contribution in [3.63, 3.8) is 0 Å². The van der Waals surface area contributed by atoms with E-state index in [0.29, 0.717) is 55.1 Å². The van der Waals surface area contributed by atoms with Crippen LogP contribution in [0.2, 0.25) is 0 Å². The summed E-state index contributed by atoms with van der Waals surface area (Å²) in [5, 5.41) is 10.3. The van der Waals surface area contributed by atoms with E-state index in [-0.39, 0.29) is 45.5 Å². The van der Waals surface area contributed by atoms with Crippen LogP contribution in [0.5, 0.6) is 11.5 Å². The number of aliphatic hydroxyl groups excluding tert-OH is 1. The topological polar surface area (TPSA) is 149 Å².